The largest absolute Gasteiger partial charge is 0.353 e. The number of likely N-dealkylation sites (tertiary alicyclic amines) is 1. The van der Waals surface area contributed by atoms with E-state index in [-0.39, 0.29) is 18.0 Å². The summed E-state index contributed by atoms with van der Waals surface area (Å²) in [6.45, 7) is 6.89. The van der Waals surface area contributed by atoms with Crippen molar-refractivity contribution in [1.29, 1.82) is 0 Å². The van der Waals surface area contributed by atoms with Gasteiger partial charge in [-0.2, -0.15) is 0 Å². The third-order valence-electron chi connectivity index (χ3n) is 3.66. The molecule has 3 amide bonds. The Morgan fingerprint density at radius 3 is 2.19 bits per heavy atom. The number of piperidine rings is 1. The zero-order chi connectivity index (χ0) is 15.4. The van der Waals surface area contributed by atoms with Crippen LogP contribution in [0, 0.1) is 13.8 Å². The van der Waals surface area contributed by atoms with Crippen molar-refractivity contribution >= 4 is 17.6 Å². The number of hydrogen-bond acceptors (Lipinski definition) is 2. The molecule has 2 rings (SSSR count). The Labute approximate surface area is 125 Å². The number of hydrogen-bond donors (Lipinski definition) is 2. The first-order valence-corrected chi connectivity index (χ1v) is 7.35. The molecule has 0 atom stereocenters. The van der Waals surface area contributed by atoms with Gasteiger partial charge < -0.3 is 15.5 Å². The van der Waals surface area contributed by atoms with Gasteiger partial charge >= 0.3 is 6.03 Å². The first-order chi connectivity index (χ1) is 9.94. The smallest absolute Gasteiger partial charge is 0.321 e. The van der Waals surface area contributed by atoms with E-state index < -0.39 is 0 Å². The van der Waals surface area contributed by atoms with Crippen molar-refractivity contribution in [2.24, 2.45) is 0 Å². The Hall–Kier alpha value is -2.04. The molecule has 5 heteroatoms. The number of anilines is 1. The lowest BCUT2D eigenvalue weighted by molar-refractivity contribution is -0.119. The maximum atomic E-state index is 12.2. The van der Waals surface area contributed by atoms with Gasteiger partial charge in [0.2, 0.25) is 5.91 Å². The van der Waals surface area contributed by atoms with Crippen molar-refractivity contribution in [3.05, 3.63) is 29.3 Å². The lowest BCUT2D eigenvalue weighted by Crippen LogP contribution is -2.47. The van der Waals surface area contributed by atoms with Crippen molar-refractivity contribution in [1.82, 2.24) is 10.2 Å². The third kappa shape index (κ3) is 4.48. The number of carbonyl (C=O) groups excluding carboxylic acids is 2. The second kappa shape index (κ2) is 6.61. The van der Waals surface area contributed by atoms with E-state index in [2.05, 4.69) is 16.7 Å². The minimum Gasteiger partial charge on any atom is -0.353 e. The Bertz CT molecular complexity index is 514. The van der Waals surface area contributed by atoms with Crippen LogP contribution in [-0.4, -0.2) is 36.0 Å². The summed E-state index contributed by atoms with van der Waals surface area (Å²) in [5.74, 6) is -0.00635. The zero-order valence-electron chi connectivity index (χ0n) is 12.9. The van der Waals surface area contributed by atoms with Crippen LogP contribution in [-0.2, 0) is 4.79 Å². The molecule has 1 aliphatic rings. The molecule has 1 saturated heterocycles. The summed E-state index contributed by atoms with van der Waals surface area (Å²) >= 11 is 0. The van der Waals surface area contributed by atoms with Gasteiger partial charge in [0.05, 0.1) is 0 Å². The average molecular weight is 289 g/mol. The summed E-state index contributed by atoms with van der Waals surface area (Å²) < 4.78 is 0. The van der Waals surface area contributed by atoms with Crippen LogP contribution in [0.15, 0.2) is 18.2 Å². The van der Waals surface area contributed by atoms with Crippen LogP contribution in [0.3, 0.4) is 0 Å². The first kappa shape index (κ1) is 15.4. The van der Waals surface area contributed by atoms with Crippen LogP contribution in [0.5, 0.6) is 0 Å². The quantitative estimate of drug-likeness (QED) is 0.878. The topological polar surface area (TPSA) is 61.4 Å². The van der Waals surface area contributed by atoms with Crippen molar-refractivity contribution in [3.8, 4) is 0 Å². The number of carbonyl (C=O) groups is 2. The van der Waals surface area contributed by atoms with Crippen LogP contribution in [0.25, 0.3) is 0 Å². The molecule has 2 N–H and O–H groups in total. The summed E-state index contributed by atoms with van der Waals surface area (Å²) in [6, 6.07) is 6.13. The van der Waals surface area contributed by atoms with E-state index in [0.717, 1.165) is 29.7 Å². The number of rotatable bonds is 2. The molecular weight excluding hydrogens is 266 g/mol. The van der Waals surface area contributed by atoms with Gasteiger partial charge in [0.1, 0.15) is 0 Å². The molecule has 1 aliphatic heterocycles. The van der Waals surface area contributed by atoms with E-state index in [1.807, 2.05) is 26.0 Å². The Balaban J connectivity index is 1.88. The fourth-order valence-electron chi connectivity index (χ4n) is 2.76. The van der Waals surface area contributed by atoms with Crippen LogP contribution in [0.4, 0.5) is 10.5 Å². The predicted octanol–water partition coefficient (Wildman–Crippen LogP) is 2.44. The molecule has 1 aromatic carbocycles. The second-order valence-corrected chi connectivity index (χ2v) is 5.77. The van der Waals surface area contributed by atoms with Crippen LogP contribution in [0.2, 0.25) is 0 Å². The van der Waals surface area contributed by atoms with E-state index in [9.17, 15) is 9.59 Å². The van der Waals surface area contributed by atoms with Gasteiger partial charge in [-0.1, -0.05) is 6.07 Å². The molecule has 0 saturated carbocycles. The zero-order valence-corrected chi connectivity index (χ0v) is 12.9. The van der Waals surface area contributed by atoms with Gasteiger partial charge in [0.15, 0.2) is 0 Å². The molecule has 21 heavy (non-hydrogen) atoms. The minimum absolute atomic E-state index is 0.00635. The Morgan fingerprint density at radius 2 is 1.67 bits per heavy atom. The number of nitrogens with zero attached hydrogens (tertiary/aromatic N) is 1. The molecule has 1 fully saturated rings. The Kier molecular flexibility index (Phi) is 4.83. The number of amides is 3. The SMILES string of the molecule is CC(=O)NC1CCN(C(=O)Nc2cc(C)cc(C)c2)CC1. The van der Waals surface area contributed by atoms with E-state index >= 15 is 0 Å². The molecule has 1 aromatic rings. The Morgan fingerprint density at radius 1 is 1.10 bits per heavy atom. The molecular formula is C16H23N3O2. The van der Waals surface area contributed by atoms with Crippen LogP contribution >= 0.6 is 0 Å². The van der Waals surface area contributed by atoms with Gasteiger partial charge in [0.25, 0.3) is 0 Å². The van der Waals surface area contributed by atoms with Gasteiger partial charge in [-0.25, -0.2) is 4.79 Å². The van der Waals surface area contributed by atoms with E-state index in [1.54, 1.807) is 4.90 Å². The molecule has 0 radical (unpaired) electrons. The molecule has 0 aliphatic carbocycles. The molecule has 1 heterocycles. The maximum Gasteiger partial charge on any atom is 0.321 e. The number of urea groups is 1. The number of aryl methyl sites for hydroxylation is 2. The van der Waals surface area contributed by atoms with Gasteiger partial charge in [0, 0.05) is 31.7 Å². The summed E-state index contributed by atoms with van der Waals surface area (Å²) in [5, 5.41) is 5.86. The lowest BCUT2D eigenvalue weighted by Gasteiger charge is -2.32. The summed E-state index contributed by atoms with van der Waals surface area (Å²) in [4.78, 5) is 25.1. The summed E-state index contributed by atoms with van der Waals surface area (Å²) in [6.07, 6.45) is 1.61. The minimum atomic E-state index is -0.0683. The fraction of sp³-hybridized carbons (Fsp3) is 0.500. The molecule has 0 unspecified atom stereocenters. The highest BCUT2D eigenvalue weighted by atomic mass is 16.2. The van der Waals surface area contributed by atoms with Crippen molar-refractivity contribution in [2.75, 3.05) is 18.4 Å². The maximum absolute atomic E-state index is 12.2. The van der Waals surface area contributed by atoms with E-state index in [0.29, 0.717) is 13.1 Å². The standard InChI is InChI=1S/C16H23N3O2/c1-11-8-12(2)10-15(9-11)18-16(21)19-6-4-14(5-7-19)17-13(3)20/h8-10,14H,4-7H2,1-3H3,(H,17,20)(H,18,21). The molecule has 114 valence electrons. The second-order valence-electron chi connectivity index (χ2n) is 5.77. The highest BCUT2D eigenvalue weighted by Gasteiger charge is 2.23. The fourth-order valence-corrected chi connectivity index (χ4v) is 2.76. The van der Waals surface area contributed by atoms with Crippen molar-refractivity contribution in [3.63, 3.8) is 0 Å². The summed E-state index contributed by atoms with van der Waals surface area (Å²) in [7, 11) is 0. The molecule has 5 nitrogen and oxygen atoms in total. The average Bonchev–Trinajstić information content (AvgIpc) is 2.37. The van der Waals surface area contributed by atoms with E-state index in [1.165, 1.54) is 6.92 Å². The summed E-state index contributed by atoms with van der Waals surface area (Å²) in [5.41, 5.74) is 3.10. The normalized spacial score (nSPS) is 15.7. The molecule has 0 aromatic heterocycles. The highest BCUT2D eigenvalue weighted by molar-refractivity contribution is 5.89. The van der Waals surface area contributed by atoms with Crippen LogP contribution in [0.1, 0.15) is 30.9 Å². The third-order valence-corrected chi connectivity index (χ3v) is 3.66. The number of benzene rings is 1. The van der Waals surface area contributed by atoms with Gasteiger partial charge in [-0.05, 0) is 49.9 Å². The molecule has 0 bridgehead atoms. The molecule has 0 spiro atoms. The monoisotopic (exact) mass is 289 g/mol. The first-order valence-electron chi connectivity index (χ1n) is 7.35. The lowest BCUT2D eigenvalue weighted by atomic mass is 10.1. The number of nitrogens with one attached hydrogen (secondary N) is 2. The van der Waals surface area contributed by atoms with E-state index in [4.69, 9.17) is 0 Å². The van der Waals surface area contributed by atoms with Crippen LogP contribution < -0.4 is 10.6 Å². The van der Waals surface area contributed by atoms with Gasteiger partial charge in [-0.3, -0.25) is 4.79 Å². The van der Waals surface area contributed by atoms with Crippen molar-refractivity contribution < 1.29 is 9.59 Å². The predicted molar refractivity (Wildman–Crippen MR) is 83.3 cm³/mol. The van der Waals surface area contributed by atoms with Crippen molar-refractivity contribution in [2.45, 2.75) is 39.7 Å². The highest BCUT2D eigenvalue weighted by Crippen LogP contribution is 2.16. The van der Waals surface area contributed by atoms with Gasteiger partial charge in [-0.15, -0.1) is 0 Å².